The zero-order chi connectivity index (χ0) is 21.6. The highest BCUT2D eigenvalue weighted by molar-refractivity contribution is 7.09. The Morgan fingerprint density at radius 2 is 1.94 bits per heavy atom. The second-order valence-corrected chi connectivity index (χ2v) is 9.54. The number of ether oxygens (including phenoxy) is 2. The Balaban J connectivity index is 1.49. The van der Waals surface area contributed by atoms with Crippen LogP contribution in [-0.2, 0) is 11.3 Å². The number of rotatable bonds is 8. The van der Waals surface area contributed by atoms with Crippen molar-refractivity contribution in [1.82, 2.24) is 15.2 Å². The van der Waals surface area contributed by atoms with Gasteiger partial charge in [-0.15, -0.1) is 11.3 Å². The third-order valence-corrected chi connectivity index (χ3v) is 7.52. The van der Waals surface area contributed by atoms with E-state index in [4.69, 9.17) is 9.47 Å². The summed E-state index contributed by atoms with van der Waals surface area (Å²) >= 11 is 1.64. The molecule has 2 aliphatic rings. The first-order valence-electron chi connectivity index (χ1n) is 11.3. The predicted molar refractivity (Wildman–Crippen MR) is 123 cm³/mol. The lowest BCUT2D eigenvalue weighted by Gasteiger charge is -2.37. The van der Waals surface area contributed by atoms with Crippen molar-refractivity contribution in [3.8, 4) is 11.5 Å². The number of amides is 1. The van der Waals surface area contributed by atoms with Gasteiger partial charge < -0.3 is 14.8 Å². The Morgan fingerprint density at radius 1 is 1.19 bits per heavy atom. The standard InChI is InChI=1S/C24H33N3O3S/c1-29-20-10-5-11-21(30-2)19(20)16-27-13-6-9-18(15-27)22(24-25-12-14-31-24)26-23(28)17-7-3-4-8-17/h5,10-12,14,17-18,22H,3-4,6-9,13,15-16H2,1-2H3,(H,26,28)/t18-,22-/m0/s1. The molecule has 1 aliphatic heterocycles. The lowest BCUT2D eigenvalue weighted by atomic mass is 9.90. The van der Waals surface area contributed by atoms with Gasteiger partial charge in [-0.2, -0.15) is 0 Å². The van der Waals surface area contributed by atoms with Crippen LogP contribution >= 0.6 is 11.3 Å². The minimum Gasteiger partial charge on any atom is -0.496 e. The highest BCUT2D eigenvalue weighted by Crippen LogP contribution is 2.35. The summed E-state index contributed by atoms with van der Waals surface area (Å²) in [5.74, 6) is 2.42. The van der Waals surface area contributed by atoms with Crippen molar-refractivity contribution in [2.75, 3.05) is 27.3 Å². The molecule has 1 aliphatic carbocycles. The van der Waals surface area contributed by atoms with E-state index in [1.54, 1.807) is 25.6 Å². The van der Waals surface area contributed by atoms with E-state index in [9.17, 15) is 4.79 Å². The van der Waals surface area contributed by atoms with Crippen molar-refractivity contribution in [2.24, 2.45) is 11.8 Å². The van der Waals surface area contributed by atoms with Crippen LogP contribution in [0.1, 0.15) is 55.1 Å². The van der Waals surface area contributed by atoms with Gasteiger partial charge in [0.2, 0.25) is 5.91 Å². The van der Waals surface area contributed by atoms with Crippen molar-refractivity contribution in [3.05, 3.63) is 40.3 Å². The fraction of sp³-hybridized carbons (Fsp3) is 0.583. The number of aromatic nitrogens is 1. The van der Waals surface area contributed by atoms with Crippen LogP contribution < -0.4 is 14.8 Å². The largest absolute Gasteiger partial charge is 0.496 e. The first-order chi connectivity index (χ1) is 15.2. The minimum absolute atomic E-state index is 0.0181. The Hall–Kier alpha value is -2.12. The van der Waals surface area contributed by atoms with Crippen LogP contribution in [0.5, 0.6) is 11.5 Å². The number of hydrogen-bond acceptors (Lipinski definition) is 6. The van der Waals surface area contributed by atoms with Crippen LogP contribution in [0.15, 0.2) is 29.8 Å². The highest BCUT2D eigenvalue weighted by Gasteiger charge is 2.33. The van der Waals surface area contributed by atoms with Crippen molar-refractivity contribution in [1.29, 1.82) is 0 Å². The summed E-state index contributed by atoms with van der Waals surface area (Å²) < 4.78 is 11.2. The quantitative estimate of drug-likeness (QED) is 0.654. The van der Waals surface area contributed by atoms with E-state index in [1.807, 2.05) is 29.8 Å². The molecule has 168 valence electrons. The summed E-state index contributed by atoms with van der Waals surface area (Å²) in [5, 5.41) is 6.42. The second kappa shape index (κ2) is 10.5. The van der Waals surface area contributed by atoms with Gasteiger partial charge in [0.1, 0.15) is 16.5 Å². The van der Waals surface area contributed by atoms with E-state index < -0.39 is 0 Å². The van der Waals surface area contributed by atoms with Gasteiger partial charge in [-0.25, -0.2) is 4.98 Å². The number of carbonyl (C=O) groups excluding carboxylic acids is 1. The summed E-state index contributed by atoms with van der Waals surface area (Å²) in [6.07, 6.45) is 8.39. The van der Waals surface area contributed by atoms with Gasteiger partial charge in [0, 0.05) is 30.6 Å². The van der Waals surface area contributed by atoms with Crippen LogP contribution in [0.3, 0.4) is 0 Å². The summed E-state index contributed by atoms with van der Waals surface area (Å²) in [6.45, 7) is 2.71. The molecule has 0 spiro atoms. The summed E-state index contributed by atoms with van der Waals surface area (Å²) in [6, 6.07) is 5.91. The maximum atomic E-state index is 13.0. The minimum atomic E-state index is -0.0181. The Morgan fingerprint density at radius 3 is 2.58 bits per heavy atom. The second-order valence-electron chi connectivity index (χ2n) is 8.62. The molecule has 1 saturated heterocycles. The first kappa shape index (κ1) is 22.1. The number of thiazole rings is 1. The van der Waals surface area contributed by atoms with E-state index >= 15 is 0 Å². The average molecular weight is 444 g/mol. The monoisotopic (exact) mass is 443 g/mol. The van der Waals surface area contributed by atoms with Crippen molar-refractivity contribution < 1.29 is 14.3 Å². The number of carbonyl (C=O) groups is 1. The number of hydrogen-bond donors (Lipinski definition) is 1. The van der Waals surface area contributed by atoms with Crippen molar-refractivity contribution >= 4 is 17.2 Å². The van der Waals surface area contributed by atoms with Gasteiger partial charge >= 0.3 is 0 Å². The Bertz CT molecular complexity index is 830. The van der Waals surface area contributed by atoms with Gasteiger partial charge in [-0.05, 0) is 50.3 Å². The number of methoxy groups -OCH3 is 2. The van der Waals surface area contributed by atoms with E-state index in [-0.39, 0.29) is 17.9 Å². The van der Waals surface area contributed by atoms with Gasteiger partial charge in [0.25, 0.3) is 0 Å². The molecule has 1 amide bonds. The molecule has 1 N–H and O–H groups in total. The van der Waals surface area contributed by atoms with Crippen LogP contribution in [0.2, 0.25) is 0 Å². The van der Waals surface area contributed by atoms with Gasteiger partial charge in [0.05, 0.1) is 25.8 Å². The van der Waals surface area contributed by atoms with Crippen LogP contribution in [0.4, 0.5) is 0 Å². The van der Waals surface area contributed by atoms with Crippen molar-refractivity contribution in [2.45, 2.75) is 51.1 Å². The van der Waals surface area contributed by atoms with Gasteiger partial charge in [-0.3, -0.25) is 9.69 Å². The molecule has 31 heavy (non-hydrogen) atoms. The lowest BCUT2D eigenvalue weighted by molar-refractivity contribution is -0.126. The zero-order valence-corrected chi connectivity index (χ0v) is 19.3. The number of likely N-dealkylation sites (tertiary alicyclic amines) is 1. The smallest absolute Gasteiger partial charge is 0.223 e. The molecular weight excluding hydrogens is 410 g/mol. The highest BCUT2D eigenvalue weighted by atomic mass is 32.1. The van der Waals surface area contributed by atoms with E-state index in [0.29, 0.717) is 5.92 Å². The summed E-state index contributed by atoms with van der Waals surface area (Å²) in [7, 11) is 3.41. The third kappa shape index (κ3) is 5.21. The van der Waals surface area contributed by atoms with E-state index in [0.717, 1.165) is 80.2 Å². The third-order valence-electron chi connectivity index (χ3n) is 6.67. The van der Waals surface area contributed by atoms with Crippen LogP contribution in [0.25, 0.3) is 0 Å². The molecule has 2 atom stereocenters. The predicted octanol–water partition coefficient (Wildman–Crippen LogP) is 4.42. The maximum Gasteiger partial charge on any atom is 0.223 e. The van der Waals surface area contributed by atoms with Gasteiger partial charge in [-0.1, -0.05) is 18.9 Å². The maximum absolute atomic E-state index is 13.0. The molecule has 2 heterocycles. The lowest BCUT2D eigenvalue weighted by Crippen LogP contribution is -2.44. The number of nitrogens with zero attached hydrogens (tertiary/aromatic N) is 2. The summed E-state index contributed by atoms with van der Waals surface area (Å²) in [5.41, 5.74) is 1.08. The van der Waals surface area contributed by atoms with Gasteiger partial charge in [0.15, 0.2) is 0 Å². The molecular formula is C24H33N3O3S. The molecule has 0 bridgehead atoms. The molecule has 6 nitrogen and oxygen atoms in total. The van der Waals surface area contributed by atoms with E-state index in [2.05, 4.69) is 15.2 Å². The molecule has 2 fully saturated rings. The molecule has 2 aromatic rings. The molecule has 1 saturated carbocycles. The number of benzene rings is 1. The van der Waals surface area contributed by atoms with Crippen LogP contribution in [0, 0.1) is 11.8 Å². The topological polar surface area (TPSA) is 63.7 Å². The fourth-order valence-electron chi connectivity index (χ4n) is 5.04. The Kier molecular flexibility index (Phi) is 7.45. The molecule has 7 heteroatoms. The fourth-order valence-corrected chi connectivity index (χ4v) is 5.82. The normalized spacial score (nSPS) is 21.0. The SMILES string of the molecule is COc1cccc(OC)c1CN1CCC[C@H]([C@H](NC(=O)C2CCCC2)c2nccs2)C1. The molecule has 0 unspecified atom stereocenters. The number of nitrogens with one attached hydrogen (secondary N) is 1. The zero-order valence-electron chi connectivity index (χ0n) is 18.5. The summed E-state index contributed by atoms with van der Waals surface area (Å²) in [4.78, 5) is 20.0. The average Bonchev–Trinajstić information content (AvgIpc) is 3.52. The van der Waals surface area contributed by atoms with Crippen LogP contribution in [-0.4, -0.2) is 43.1 Å². The number of piperidine rings is 1. The van der Waals surface area contributed by atoms with E-state index in [1.165, 1.54) is 0 Å². The molecule has 1 aromatic heterocycles. The first-order valence-corrected chi connectivity index (χ1v) is 12.2. The molecule has 0 radical (unpaired) electrons. The molecule has 1 aromatic carbocycles. The molecule has 4 rings (SSSR count). The Labute approximate surface area is 189 Å². The van der Waals surface area contributed by atoms with Crippen molar-refractivity contribution in [3.63, 3.8) is 0 Å².